The molecule has 0 atom stereocenters. The number of amides is 1. The Hall–Kier alpha value is -2.47. The van der Waals surface area contributed by atoms with Crippen molar-refractivity contribution in [3.63, 3.8) is 0 Å². The molecule has 28 heavy (non-hydrogen) atoms. The summed E-state index contributed by atoms with van der Waals surface area (Å²) in [4.78, 5) is 11.9. The summed E-state index contributed by atoms with van der Waals surface area (Å²) in [5.41, 5.74) is -0.0156. The highest BCUT2D eigenvalue weighted by molar-refractivity contribution is 7.89. The van der Waals surface area contributed by atoms with Crippen molar-refractivity contribution in [1.29, 1.82) is 0 Å². The van der Waals surface area contributed by atoms with Gasteiger partial charge >= 0.3 is 0 Å². The molecule has 0 saturated carbocycles. The number of carbonyl (C=O) groups is 1. The molecule has 0 fully saturated rings. The predicted molar refractivity (Wildman–Crippen MR) is 99.7 cm³/mol. The highest BCUT2D eigenvalue weighted by atomic mass is 35.5. The molecule has 0 aliphatic carbocycles. The molecule has 1 heterocycles. The quantitative estimate of drug-likeness (QED) is 0.608. The zero-order valence-electron chi connectivity index (χ0n) is 13.8. The zero-order valence-corrected chi connectivity index (χ0v) is 16.2. The van der Waals surface area contributed by atoms with E-state index in [4.69, 9.17) is 11.6 Å². The molecule has 0 bridgehead atoms. The Kier molecular flexibility index (Phi) is 5.98. The van der Waals surface area contributed by atoms with Gasteiger partial charge in [-0.25, -0.2) is 21.9 Å². The van der Waals surface area contributed by atoms with Gasteiger partial charge in [0.15, 0.2) is 0 Å². The number of hydrogen-bond donors (Lipinski definition) is 2. The molecular weight excluding hydrogens is 434 g/mol. The van der Waals surface area contributed by atoms with Crippen molar-refractivity contribution in [2.45, 2.75) is 11.4 Å². The van der Waals surface area contributed by atoms with E-state index in [2.05, 4.69) is 20.2 Å². The van der Waals surface area contributed by atoms with Gasteiger partial charge in [-0.2, -0.15) is 0 Å². The Morgan fingerprint density at radius 3 is 2.57 bits per heavy atom. The second kappa shape index (κ2) is 8.27. The standard InChI is InChI=1S/C16H11ClF2N4O3S2/c17-10-7-9(5-6-11(10)18)28(25,26)20-8-14-22-23-16(27-14)15(24)21-13-4-2-1-3-12(13)19/h1-7,20H,8H2,(H,21,24). The lowest BCUT2D eigenvalue weighted by molar-refractivity contribution is 0.102. The van der Waals surface area contributed by atoms with Crippen LogP contribution in [-0.2, 0) is 16.6 Å². The molecule has 2 N–H and O–H groups in total. The van der Waals surface area contributed by atoms with Gasteiger partial charge in [0.05, 0.1) is 22.2 Å². The predicted octanol–water partition coefficient (Wildman–Crippen LogP) is 3.20. The third kappa shape index (κ3) is 4.68. The van der Waals surface area contributed by atoms with Crippen molar-refractivity contribution in [3.05, 3.63) is 69.1 Å². The molecule has 0 unspecified atom stereocenters. The van der Waals surface area contributed by atoms with E-state index in [0.29, 0.717) is 0 Å². The number of rotatable bonds is 6. The Balaban J connectivity index is 1.66. The SMILES string of the molecule is O=C(Nc1ccccc1F)c1nnc(CNS(=O)(=O)c2ccc(F)c(Cl)c2)s1. The van der Waals surface area contributed by atoms with Gasteiger partial charge in [0.25, 0.3) is 5.91 Å². The number of nitrogens with one attached hydrogen (secondary N) is 2. The number of anilines is 1. The summed E-state index contributed by atoms with van der Waals surface area (Å²) in [5.74, 6) is -2.02. The zero-order chi connectivity index (χ0) is 20.3. The molecule has 0 aliphatic rings. The minimum Gasteiger partial charge on any atom is -0.317 e. The van der Waals surface area contributed by atoms with E-state index in [1.54, 1.807) is 6.07 Å². The third-order valence-corrected chi connectivity index (χ3v) is 6.01. The molecule has 0 saturated heterocycles. The van der Waals surface area contributed by atoms with Crippen LogP contribution in [0.5, 0.6) is 0 Å². The van der Waals surface area contributed by atoms with Gasteiger partial charge in [-0.1, -0.05) is 35.1 Å². The Morgan fingerprint density at radius 1 is 1.11 bits per heavy atom. The fraction of sp³-hybridized carbons (Fsp3) is 0.0625. The fourth-order valence-electron chi connectivity index (χ4n) is 2.04. The Morgan fingerprint density at radius 2 is 1.86 bits per heavy atom. The van der Waals surface area contributed by atoms with Crippen molar-refractivity contribution < 1.29 is 22.0 Å². The van der Waals surface area contributed by atoms with Crippen LogP contribution in [0.15, 0.2) is 47.4 Å². The smallest absolute Gasteiger partial charge is 0.286 e. The second-order valence-electron chi connectivity index (χ2n) is 5.34. The molecule has 7 nitrogen and oxygen atoms in total. The van der Waals surface area contributed by atoms with Gasteiger partial charge in [0.1, 0.15) is 16.6 Å². The van der Waals surface area contributed by atoms with Crippen LogP contribution in [0.1, 0.15) is 14.8 Å². The number of para-hydroxylation sites is 1. The first-order chi connectivity index (χ1) is 13.3. The fourth-order valence-corrected chi connectivity index (χ4v) is 4.06. The van der Waals surface area contributed by atoms with E-state index in [0.717, 1.165) is 29.5 Å². The molecule has 3 rings (SSSR count). The largest absolute Gasteiger partial charge is 0.317 e. The van der Waals surface area contributed by atoms with E-state index in [1.165, 1.54) is 18.2 Å². The monoisotopic (exact) mass is 444 g/mol. The first kappa shape index (κ1) is 20.3. The van der Waals surface area contributed by atoms with Gasteiger partial charge in [0, 0.05) is 0 Å². The first-order valence-corrected chi connectivity index (χ1v) is 10.3. The maximum atomic E-state index is 13.6. The number of carbonyl (C=O) groups excluding carboxylic acids is 1. The van der Waals surface area contributed by atoms with Crippen molar-refractivity contribution >= 4 is 44.6 Å². The van der Waals surface area contributed by atoms with Crippen LogP contribution in [0.2, 0.25) is 5.02 Å². The minimum atomic E-state index is -3.98. The molecule has 1 amide bonds. The van der Waals surface area contributed by atoms with E-state index >= 15 is 0 Å². The highest BCUT2D eigenvalue weighted by Crippen LogP contribution is 2.20. The van der Waals surface area contributed by atoms with Gasteiger partial charge in [-0.05, 0) is 30.3 Å². The molecular formula is C16H11ClF2N4O3S2. The van der Waals surface area contributed by atoms with Crippen LogP contribution in [0.4, 0.5) is 14.5 Å². The number of nitrogens with zero attached hydrogens (tertiary/aromatic N) is 2. The lowest BCUT2D eigenvalue weighted by atomic mass is 10.3. The molecule has 0 spiro atoms. The maximum Gasteiger partial charge on any atom is 0.286 e. The van der Waals surface area contributed by atoms with Gasteiger partial charge in [-0.15, -0.1) is 10.2 Å². The summed E-state index contributed by atoms with van der Waals surface area (Å²) in [6, 6.07) is 8.60. The first-order valence-electron chi connectivity index (χ1n) is 7.59. The van der Waals surface area contributed by atoms with Crippen LogP contribution in [0, 0.1) is 11.6 Å². The normalized spacial score (nSPS) is 11.4. The van der Waals surface area contributed by atoms with Crippen LogP contribution in [0.25, 0.3) is 0 Å². The van der Waals surface area contributed by atoms with Crippen molar-refractivity contribution in [2.75, 3.05) is 5.32 Å². The molecule has 146 valence electrons. The molecule has 0 radical (unpaired) electrons. The van der Waals surface area contributed by atoms with E-state index < -0.39 is 27.6 Å². The van der Waals surface area contributed by atoms with Gasteiger partial charge in [-0.3, -0.25) is 4.79 Å². The van der Waals surface area contributed by atoms with Crippen LogP contribution in [0.3, 0.4) is 0 Å². The van der Waals surface area contributed by atoms with E-state index in [1.807, 2.05) is 0 Å². The summed E-state index contributed by atoms with van der Waals surface area (Å²) in [5, 5.41) is 9.56. The summed E-state index contributed by atoms with van der Waals surface area (Å²) in [6.45, 7) is -0.248. The Labute approximate surface area is 167 Å². The number of hydrogen-bond acceptors (Lipinski definition) is 6. The van der Waals surface area contributed by atoms with Crippen LogP contribution in [-0.4, -0.2) is 24.5 Å². The summed E-state index contributed by atoms with van der Waals surface area (Å²) in [6.07, 6.45) is 0. The third-order valence-electron chi connectivity index (χ3n) is 3.40. The van der Waals surface area contributed by atoms with Crippen molar-refractivity contribution in [2.24, 2.45) is 0 Å². The summed E-state index contributed by atoms with van der Waals surface area (Å²) in [7, 11) is -3.98. The molecule has 1 aromatic heterocycles. The summed E-state index contributed by atoms with van der Waals surface area (Å²) >= 11 is 6.43. The molecule has 12 heteroatoms. The average molecular weight is 445 g/mol. The molecule has 0 aliphatic heterocycles. The van der Waals surface area contributed by atoms with Gasteiger partial charge in [0.2, 0.25) is 15.0 Å². The average Bonchev–Trinajstić information content (AvgIpc) is 3.13. The number of halogens is 3. The van der Waals surface area contributed by atoms with Crippen molar-refractivity contribution in [3.8, 4) is 0 Å². The number of sulfonamides is 1. The van der Waals surface area contributed by atoms with Crippen LogP contribution < -0.4 is 10.0 Å². The van der Waals surface area contributed by atoms with E-state index in [-0.39, 0.29) is 32.2 Å². The lowest BCUT2D eigenvalue weighted by Gasteiger charge is -2.05. The maximum absolute atomic E-state index is 13.6. The molecule has 2 aromatic carbocycles. The minimum absolute atomic E-state index is 0.0156. The van der Waals surface area contributed by atoms with Crippen LogP contribution >= 0.6 is 22.9 Å². The van der Waals surface area contributed by atoms with E-state index in [9.17, 15) is 22.0 Å². The second-order valence-corrected chi connectivity index (χ2v) is 8.57. The summed E-state index contributed by atoms with van der Waals surface area (Å²) < 4.78 is 53.5. The lowest BCUT2D eigenvalue weighted by Crippen LogP contribution is -2.23. The number of benzene rings is 2. The van der Waals surface area contributed by atoms with Gasteiger partial charge < -0.3 is 5.32 Å². The number of aromatic nitrogens is 2. The highest BCUT2D eigenvalue weighted by Gasteiger charge is 2.19. The Bertz CT molecular complexity index is 1140. The van der Waals surface area contributed by atoms with Crippen molar-refractivity contribution in [1.82, 2.24) is 14.9 Å². The molecule has 3 aromatic rings. The topological polar surface area (TPSA) is 101 Å².